The van der Waals surface area contributed by atoms with Crippen LogP contribution in [0.4, 0.5) is 0 Å². The number of aromatic nitrogens is 1. The van der Waals surface area contributed by atoms with Crippen molar-refractivity contribution < 1.29 is 4.79 Å². The van der Waals surface area contributed by atoms with Gasteiger partial charge >= 0.3 is 0 Å². The van der Waals surface area contributed by atoms with Crippen LogP contribution in [0, 0.1) is 0 Å². The lowest BCUT2D eigenvalue weighted by atomic mass is 10.0. The van der Waals surface area contributed by atoms with Gasteiger partial charge in [-0.3, -0.25) is 19.1 Å². The molecule has 0 saturated carbocycles. The average molecular weight is 361 g/mol. The fourth-order valence-electron chi connectivity index (χ4n) is 3.65. The molecule has 3 heterocycles. The van der Waals surface area contributed by atoms with E-state index in [9.17, 15) is 9.59 Å². The van der Waals surface area contributed by atoms with Crippen molar-refractivity contribution in [3.8, 4) is 11.3 Å². The van der Waals surface area contributed by atoms with Gasteiger partial charge in [0.2, 0.25) is 0 Å². The van der Waals surface area contributed by atoms with Gasteiger partial charge in [-0.15, -0.1) is 0 Å². The van der Waals surface area contributed by atoms with Gasteiger partial charge < -0.3 is 5.32 Å². The first-order chi connectivity index (χ1) is 12.8. The van der Waals surface area contributed by atoms with Gasteiger partial charge in [-0.25, -0.2) is 0 Å². The van der Waals surface area contributed by atoms with E-state index in [1.54, 1.807) is 22.4 Å². The number of benzene rings is 2. The SMILES string of the molecule is O=C1c2ccccc2-c2c(CNC3=NCCS3)c(=O)c3ccccc3n21. The number of hydrogen-bond donors (Lipinski definition) is 1. The molecule has 26 heavy (non-hydrogen) atoms. The van der Waals surface area contributed by atoms with Crippen LogP contribution >= 0.6 is 11.8 Å². The largest absolute Gasteiger partial charge is 0.361 e. The van der Waals surface area contributed by atoms with Crippen LogP contribution < -0.4 is 10.7 Å². The Morgan fingerprint density at radius 1 is 1.04 bits per heavy atom. The summed E-state index contributed by atoms with van der Waals surface area (Å²) in [4.78, 5) is 30.6. The zero-order valence-electron chi connectivity index (χ0n) is 13.9. The van der Waals surface area contributed by atoms with Crippen molar-refractivity contribution in [2.75, 3.05) is 12.3 Å². The number of amidine groups is 1. The quantitative estimate of drug-likeness (QED) is 0.596. The van der Waals surface area contributed by atoms with E-state index in [-0.39, 0.29) is 11.3 Å². The monoisotopic (exact) mass is 361 g/mol. The minimum atomic E-state index is -0.0827. The van der Waals surface area contributed by atoms with Gasteiger partial charge in [0.1, 0.15) is 0 Å². The molecular formula is C20H15N3O2S. The van der Waals surface area contributed by atoms with E-state index >= 15 is 0 Å². The first-order valence-corrected chi connectivity index (χ1v) is 9.46. The second-order valence-corrected chi connectivity index (χ2v) is 7.33. The topological polar surface area (TPSA) is 63.5 Å². The Labute approximate surface area is 153 Å². The molecule has 1 aromatic heterocycles. The summed E-state index contributed by atoms with van der Waals surface area (Å²) in [5.41, 5.74) is 3.38. The molecule has 0 radical (unpaired) electrons. The Hall–Kier alpha value is -2.86. The summed E-state index contributed by atoms with van der Waals surface area (Å²) in [6.45, 7) is 1.15. The molecule has 2 aliphatic heterocycles. The summed E-state index contributed by atoms with van der Waals surface area (Å²) >= 11 is 1.65. The number of aliphatic imine (C=N–C) groups is 1. The Balaban J connectivity index is 1.78. The third-order valence-corrected chi connectivity index (χ3v) is 5.72. The molecule has 0 unspecified atom stereocenters. The number of hydrogen-bond acceptors (Lipinski definition) is 5. The summed E-state index contributed by atoms with van der Waals surface area (Å²) in [5.74, 6) is 0.874. The lowest BCUT2D eigenvalue weighted by Gasteiger charge is -2.14. The van der Waals surface area contributed by atoms with Crippen molar-refractivity contribution in [2.45, 2.75) is 6.54 Å². The van der Waals surface area contributed by atoms with E-state index in [1.807, 2.05) is 42.5 Å². The summed E-state index contributed by atoms with van der Waals surface area (Å²) in [6.07, 6.45) is 0. The van der Waals surface area contributed by atoms with Gasteiger partial charge in [0.25, 0.3) is 5.91 Å². The van der Waals surface area contributed by atoms with E-state index in [0.717, 1.165) is 23.0 Å². The van der Waals surface area contributed by atoms with Crippen molar-refractivity contribution in [2.24, 2.45) is 4.99 Å². The van der Waals surface area contributed by atoms with Crippen LogP contribution in [0.25, 0.3) is 22.2 Å². The maximum atomic E-state index is 13.2. The molecule has 0 bridgehead atoms. The third-order valence-electron chi connectivity index (χ3n) is 4.79. The van der Waals surface area contributed by atoms with Crippen molar-refractivity contribution in [3.63, 3.8) is 0 Å². The maximum Gasteiger partial charge on any atom is 0.263 e. The highest BCUT2D eigenvalue weighted by molar-refractivity contribution is 8.14. The molecule has 3 aromatic rings. The van der Waals surface area contributed by atoms with E-state index in [1.165, 1.54) is 0 Å². The molecule has 0 saturated heterocycles. The van der Waals surface area contributed by atoms with Crippen molar-refractivity contribution in [1.29, 1.82) is 0 Å². The number of carbonyl (C=O) groups excluding carboxylic acids is 1. The fourth-order valence-corrected chi connectivity index (χ4v) is 4.38. The summed E-state index contributed by atoms with van der Waals surface area (Å²) in [6, 6.07) is 14.8. The molecule has 0 fully saturated rings. The summed E-state index contributed by atoms with van der Waals surface area (Å²) < 4.78 is 1.68. The van der Waals surface area contributed by atoms with Gasteiger partial charge in [-0.05, 0) is 18.2 Å². The van der Waals surface area contributed by atoms with Crippen LogP contribution in [-0.2, 0) is 6.54 Å². The van der Waals surface area contributed by atoms with Crippen LogP contribution in [0.15, 0.2) is 58.3 Å². The van der Waals surface area contributed by atoms with Gasteiger partial charge in [0.15, 0.2) is 10.6 Å². The average Bonchev–Trinajstić information content (AvgIpc) is 3.29. The fraction of sp³-hybridized carbons (Fsp3) is 0.150. The molecule has 2 aromatic carbocycles. The normalized spacial score (nSPS) is 15.1. The Kier molecular flexibility index (Phi) is 3.46. The lowest BCUT2D eigenvalue weighted by molar-refractivity contribution is 0.0973. The van der Waals surface area contributed by atoms with Crippen LogP contribution in [-0.4, -0.2) is 27.9 Å². The number of rotatable bonds is 2. The van der Waals surface area contributed by atoms with Crippen LogP contribution in [0.1, 0.15) is 15.9 Å². The van der Waals surface area contributed by atoms with Crippen molar-refractivity contribution in [3.05, 3.63) is 69.9 Å². The molecular weight excluding hydrogens is 346 g/mol. The highest BCUT2D eigenvalue weighted by Gasteiger charge is 2.31. The molecule has 5 rings (SSSR count). The molecule has 0 spiro atoms. The smallest absolute Gasteiger partial charge is 0.263 e. The predicted octanol–water partition coefficient (Wildman–Crippen LogP) is 2.86. The summed E-state index contributed by atoms with van der Waals surface area (Å²) in [5, 5.41) is 4.69. The standard InChI is InChI=1S/C20H15N3O2S/c24-18-14-7-3-4-8-16(14)23-17(12-5-1-2-6-13(12)19(23)25)15(18)11-22-20-21-9-10-26-20/h1-8H,9-11H2,(H,21,22). The second-order valence-electron chi connectivity index (χ2n) is 6.25. The molecule has 0 aliphatic carbocycles. The van der Waals surface area contributed by atoms with Crippen LogP contribution in [0.2, 0.25) is 0 Å². The number of fused-ring (bicyclic) bond motifs is 5. The van der Waals surface area contributed by atoms with Gasteiger partial charge in [-0.2, -0.15) is 0 Å². The number of nitrogens with one attached hydrogen (secondary N) is 1. The predicted molar refractivity (Wildman–Crippen MR) is 105 cm³/mol. The van der Waals surface area contributed by atoms with Gasteiger partial charge in [0, 0.05) is 34.4 Å². The van der Waals surface area contributed by atoms with E-state index in [2.05, 4.69) is 10.3 Å². The molecule has 0 atom stereocenters. The van der Waals surface area contributed by atoms with E-state index in [0.29, 0.717) is 34.3 Å². The number of pyridine rings is 1. The van der Waals surface area contributed by atoms with Crippen molar-refractivity contribution in [1.82, 2.24) is 9.88 Å². The zero-order chi connectivity index (χ0) is 17.7. The number of carbonyl (C=O) groups is 1. The number of para-hydroxylation sites is 1. The molecule has 1 N–H and O–H groups in total. The minimum Gasteiger partial charge on any atom is -0.361 e. The molecule has 0 amide bonds. The van der Waals surface area contributed by atoms with Crippen molar-refractivity contribution >= 4 is 33.7 Å². The second kappa shape index (κ2) is 5.85. The zero-order valence-corrected chi connectivity index (χ0v) is 14.7. The molecule has 5 nitrogen and oxygen atoms in total. The molecule has 6 heteroatoms. The first kappa shape index (κ1) is 15.4. The third kappa shape index (κ3) is 2.15. The number of nitrogens with zero attached hydrogens (tertiary/aromatic N) is 2. The van der Waals surface area contributed by atoms with E-state index in [4.69, 9.17) is 0 Å². The van der Waals surface area contributed by atoms with E-state index < -0.39 is 0 Å². The van der Waals surface area contributed by atoms with Gasteiger partial charge in [-0.1, -0.05) is 42.1 Å². The minimum absolute atomic E-state index is 0.0348. The summed E-state index contributed by atoms with van der Waals surface area (Å²) in [7, 11) is 0. The van der Waals surface area contributed by atoms with Gasteiger partial charge in [0.05, 0.1) is 17.8 Å². The Morgan fingerprint density at radius 3 is 2.62 bits per heavy atom. The highest BCUT2D eigenvalue weighted by atomic mass is 32.2. The van der Waals surface area contributed by atoms with Crippen LogP contribution in [0.3, 0.4) is 0 Å². The first-order valence-electron chi connectivity index (χ1n) is 8.47. The van der Waals surface area contributed by atoms with Crippen LogP contribution in [0.5, 0.6) is 0 Å². The lowest BCUT2D eigenvalue weighted by Crippen LogP contribution is -2.26. The Morgan fingerprint density at radius 2 is 1.81 bits per heavy atom. The Bertz CT molecular complexity index is 1160. The maximum absolute atomic E-state index is 13.2. The molecule has 128 valence electrons. The highest BCUT2D eigenvalue weighted by Crippen LogP contribution is 2.35. The number of thioether (sulfide) groups is 1. The molecule has 2 aliphatic rings.